The molecule has 5 nitrogen and oxygen atoms in total. The highest BCUT2D eigenvalue weighted by Gasteiger charge is 2.23. The van der Waals surface area contributed by atoms with Gasteiger partial charge in [-0.05, 0) is 50.8 Å². The molecule has 0 saturated heterocycles. The maximum absolute atomic E-state index is 12.4. The van der Waals surface area contributed by atoms with Gasteiger partial charge >= 0.3 is 6.09 Å². The Hall–Kier alpha value is -1.75. The molecule has 23 heavy (non-hydrogen) atoms. The number of aliphatic hydroxyl groups is 1. The summed E-state index contributed by atoms with van der Waals surface area (Å²) in [6, 6.07) is 7.62. The summed E-state index contributed by atoms with van der Waals surface area (Å²) in [5, 5.41) is 9.07. The van der Waals surface area contributed by atoms with Gasteiger partial charge in [0.1, 0.15) is 11.4 Å². The Balaban J connectivity index is 2.82. The van der Waals surface area contributed by atoms with Crippen LogP contribution in [0.3, 0.4) is 0 Å². The second kappa shape index (κ2) is 8.77. The Morgan fingerprint density at radius 3 is 2.35 bits per heavy atom. The molecule has 1 atom stereocenters. The number of methoxy groups -OCH3 is 1. The molecule has 1 aromatic rings. The molecule has 0 aromatic heterocycles. The normalized spacial score (nSPS) is 12.6. The summed E-state index contributed by atoms with van der Waals surface area (Å²) >= 11 is 0. The van der Waals surface area contributed by atoms with Gasteiger partial charge in [0, 0.05) is 19.7 Å². The van der Waals surface area contributed by atoms with Gasteiger partial charge in [-0.15, -0.1) is 0 Å². The van der Waals surface area contributed by atoms with Gasteiger partial charge in [-0.2, -0.15) is 0 Å². The second-order valence-corrected chi connectivity index (χ2v) is 6.83. The highest BCUT2D eigenvalue weighted by Crippen LogP contribution is 2.17. The van der Waals surface area contributed by atoms with Crippen LogP contribution in [0.1, 0.15) is 39.7 Å². The molecule has 0 aliphatic carbocycles. The zero-order chi connectivity index (χ0) is 17.5. The van der Waals surface area contributed by atoms with E-state index in [9.17, 15) is 4.79 Å². The number of amides is 1. The van der Waals surface area contributed by atoms with E-state index in [1.54, 1.807) is 12.0 Å². The molecule has 5 heteroatoms. The number of carbonyl (C=O) groups is 1. The number of aliphatic hydroxyl groups excluding tert-OH is 1. The number of hydrogen-bond acceptors (Lipinski definition) is 4. The minimum Gasteiger partial charge on any atom is -0.497 e. The third-order valence-corrected chi connectivity index (χ3v) is 3.34. The zero-order valence-corrected chi connectivity index (χ0v) is 14.8. The number of benzene rings is 1. The molecule has 1 unspecified atom stereocenters. The third kappa shape index (κ3) is 7.37. The Labute approximate surface area is 139 Å². The number of hydrogen-bond donors (Lipinski definition) is 1. The lowest BCUT2D eigenvalue weighted by Gasteiger charge is -2.29. The van der Waals surface area contributed by atoms with Gasteiger partial charge in [-0.25, -0.2) is 4.79 Å². The molecule has 0 saturated carbocycles. The molecule has 0 radical (unpaired) electrons. The topological polar surface area (TPSA) is 59.0 Å². The van der Waals surface area contributed by atoms with E-state index >= 15 is 0 Å². The lowest BCUT2D eigenvalue weighted by Crippen LogP contribution is -2.39. The Bertz CT molecular complexity index is 479. The fraction of sp³-hybridized carbons (Fsp3) is 0.611. The monoisotopic (exact) mass is 323 g/mol. The first-order chi connectivity index (χ1) is 10.7. The van der Waals surface area contributed by atoms with Crippen LogP contribution in [0, 0.1) is 5.92 Å². The van der Waals surface area contributed by atoms with Crippen molar-refractivity contribution >= 4 is 6.09 Å². The van der Waals surface area contributed by atoms with Gasteiger partial charge in [-0.1, -0.05) is 19.1 Å². The van der Waals surface area contributed by atoms with Gasteiger partial charge in [0.25, 0.3) is 0 Å². The van der Waals surface area contributed by atoms with E-state index in [1.165, 1.54) is 0 Å². The van der Waals surface area contributed by atoms with Crippen molar-refractivity contribution in [2.45, 2.75) is 46.3 Å². The molecule has 0 aliphatic rings. The summed E-state index contributed by atoms with van der Waals surface area (Å²) in [6.45, 7) is 8.71. The van der Waals surface area contributed by atoms with E-state index in [-0.39, 0.29) is 18.6 Å². The minimum atomic E-state index is -0.532. The van der Waals surface area contributed by atoms with E-state index < -0.39 is 5.60 Å². The first kappa shape index (κ1) is 19.3. The standard InChI is InChI=1S/C18H29NO4/c1-14(10-11-20)12-19(17(21)23-18(2,3)4)13-15-6-8-16(22-5)9-7-15/h6-9,14,20H,10-13H2,1-5H3. The number of rotatable bonds is 7. The summed E-state index contributed by atoms with van der Waals surface area (Å²) in [5.74, 6) is 0.983. The molecule has 0 heterocycles. The van der Waals surface area contributed by atoms with Crippen molar-refractivity contribution in [2.75, 3.05) is 20.3 Å². The van der Waals surface area contributed by atoms with Crippen molar-refractivity contribution in [2.24, 2.45) is 5.92 Å². The van der Waals surface area contributed by atoms with Crippen molar-refractivity contribution in [1.82, 2.24) is 4.90 Å². The lowest BCUT2D eigenvalue weighted by atomic mass is 10.1. The molecule has 1 amide bonds. The Morgan fingerprint density at radius 1 is 1.26 bits per heavy atom. The van der Waals surface area contributed by atoms with Crippen LogP contribution in [0.4, 0.5) is 4.79 Å². The van der Waals surface area contributed by atoms with Crippen LogP contribution < -0.4 is 4.74 Å². The van der Waals surface area contributed by atoms with E-state index in [0.717, 1.165) is 11.3 Å². The highest BCUT2D eigenvalue weighted by atomic mass is 16.6. The van der Waals surface area contributed by atoms with Gasteiger partial charge < -0.3 is 19.5 Å². The molecule has 0 aliphatic heterocycles. The number of ether oxygens (including phenoxy) is 2. The minimum absolute atomic E-state index is 0.117. The van der Waals surface area contributed by atoms with Crippen molar-refractivity contribution in [3.8, 4) is 5.75 Å². The van der Waals surface area contributed by atoms with Crippen molar-refractivity contribution < 1.29 is 19.4 Å². The molecule has 0 spiro atoms. The predicted octanol–water partition coefficient (Wildman–Crippen LogP) is 3.45. The average Bonchev–Trinajstić information content (AvgIpc) is 2.46. The molecule has 130 valence electrons. The largest absolute Gasteiger partial charge is 0.497 e. The fourth-order valence-electron chi connectivity index (χ4n) is 2.17. The van der Waals surface area contributed by atoms with Gasteiger partial charge in [0.05, 0.1) is 7.11 Å². The zero-order valence-electron chi connectivity index (χ0n) is 14.8. The van der Waals surface area contributed by atoms with Gasteiger partial charge in [0.2, 0.25) is 0 Å². The number of nitrogens with zero attached hydrogens (tertiary/aromatic N) is 1. The predicted molar refractivity (Wildman–Crippen MR) is 90.5 cm³/mol. The molecule has 0 fully saturated rings. The van der Waals surface area contributed by atoms with E-state index in [1.807, 2.05) is 52.0 Å². The first-order valence-corrected chi connectivity index (χ1v) is 7.97. The van der Waals surface area contributed by atoms with Crippen LogP contribution in [0.5, 0.6) is 5.75 Å². The van der Waals surface area contributed by atoms with E-state index in [0.29, 0.717) is 19.5 Å². The van der Waals surface area contributed by atoms with Crippen LogP contribution >= 0.6 is 0 Å². The first-order valence-electron chi connectivity index (χ1n) is 7.97. The summed E-state index contributed by atoms with van der Waals surface area (Å²) in [7, 11) is 1.62. The maximum atomic E-state index is 12.4. The summed E-state index contributed by atoms with van der Waals surface area (Å²) < 4.78 is 10.6. The summed E-state index contributed by atoms with van der Waals surface area (Å²) in [5.41, 5.74) is 0.475. The Kier molecular flexibility index (Phi) is 7.36. The van der Waals surface area contributed by atoms with Crippen molar-refractivity contribution in [1.29, 1.82) is 0 Å². The average molecular weight is 323 g/mol. The molecular formula is C18H29NO4. The molecule has 1 rings (SSSR count). The third-order valence-electron chi connectivity index (χ3n) is 3.34. The van der Waals surface area contributed by atoms with E-state index in [4.69, 9.17) is 14.6 Å². The van der Waals surface area contributed by atoms with Crippen molar-refractivity contribution in [3.63, 3.8) is 0 Å². The van der Waals surface area contributed by atoms with Gasteiger partial charge in [0.15, 0.2) is 0 Å². The SMILES string of the molecule is COc1ccc(CN(CC(C)CCO)C(=O)OC(C)(C)C)cc1. The van der Waals surface area contributed by atoms with Crippen LogP contribution in [-0.4, -0.2) is 42.0 Å². The van der Waals surface area contributed by atoms with Crippen LogP contribution in [-0.2, 0) is 11.3 Å². The summed E-state index contributed by atoms with van der Waals surface area (Å²) in [4.78, 5) is 14.1. The van der Waals surface area contributed by atoms with Crippen LogP contribution in [0.2, 0.25) is 0 Å². The summed E-state index contributed by atoms with van der Waals surface area (Å²) in [6.07, 6.45) is 0.320. The smallest absolute Gasteiger partial charge is 0.410 e. The Morgan fingerprint density at radius 2 is 1.87 bits per heavy atom. The fourth-order valence-corrected chi connectivity index (χ4v) is 2.17. The van der Waals surface area contributed by atoms with Crippen molar-refractivity contribution in [3.05, 3.63) is 29.8 Å². The van der Waals surface area contributed by atoms with E-state index in [2.05, 4.69) is 0 Å². The maximum Gasteiger partial charge on any atom is 0.410 e. The highest BCUT2D eigenvalue weighted by molar-refractivity contribution is 5.68. The number of carbonyl (C=O) groups excluding carboxylic acids is 1. The second-order valence-electron chi connectivity index (χ2n) is 6.83. The van der Waals surface area contributed by atoms with Gasteiger partial charge in [-0.3, -0.25) is 0 Å². The molecule has 0 bridgehead atoms. The quantitative estimate of drug-likeness (QED) is 0.835. The molecule has 1 N–H and O–H groups in total. The van der Waals surface area contributed by atoms with Crippen LogP contribution in [0.15, 0.2) is 24.3 Å². The molecule has 1 aromatic carbocycles. The van der Waals surface area contributed by atoms with Crippen LogP contribution in [0.25, 0.3) is 0 Å². The molecular weight excluding hydrogens is 294 g/mol. The lowest BCUT2D eigenvalue weighted by molar-refractivity contribution is 0.0199.